The molecule has 0 aliphatic carbocycles. The third-order valence-electron chi connectivity index (χ3n) is 2.04. The smallest absolute Gasteiger partial charge is 0.508 e. The van der Waals surface area contributed by atoms with Gasteiger partial charge in [-0.05, 0) is 6.07 Å². The maximum atomic E-state index is 12.1. The lowest BCUT2D eigenvalue weighted by atomic mass is 10.1. The summed E-state index contributed by atoms with van der Waals surface area (Å²) in [7, 11) is 0.976. The molecule has 104 valence electrons. The number of methoxy groups -OCH3 is 1. The molecule has 0 amide bonds. The number of halogens is 3. The van der Waals surface area contributed by atoms with E-state index in [9.17, 15) is 22.8 Å². The fourth-order valence-corrected chi connectivity index (χ4v) is 1.27. The minimum Gasteiger partial charge on any atom is -0.508 e. The fraction of sp³-hybridized carbons (Fsp3) is 0.273. The monoisotopic (exact) mass is 278 g/mol. The number of phenols is 1. The molecule has 0 saturated heterocycles. The van der Waals surface area contributed by atoms with E-state index >= 15 is 0 Å². The lowest BCUT2D eigenvalue weighted by Gasteiger charge is -2.12. The number of ether oxygens (including phenoxy) is 2. The van der Waals surface area contributed by atoms with Gasteiger partial charge in [-0.2, -0.15) is 0 Å². The molecule has 1 N–H and O–H groups in total. The number of ketones is 1. The predicted octanol–water partition coefficient (Wildman–Crippen LogP) is 1.58. The molecule has 0 aromatic heterocycles. The SMILES string of the molecule is COC(=O)C(=O)Cc1ccc(O)cc1OC(F)(F)F. The first-order valence-corrected chi connectivity index (χ1v) is 4.91. The Kier molecular flexibility index (Phi) is 4.36. The molecule has 1 aromatic carbocycles. The van der Waals surface area contributed by atoms with Crippen molar-refractivity contribution in [2.45, 2.75) is 12.8 Å². The fourth-order valence-electron chi connectivity index (χ4n) is 1.27. The second-order valence-electron chi connectivity index (χ2n) is 3.43. The van der Waals surface area contributed by atoms with Crippen molar-refractivity contribution in [2.24, 2.45) is 0 Å². The van der Waals surface area contributed by atoms with Crippen molar-refractivity contribution in [2.75, 3.05) is 7.11 Å². The summed E-state index contributed by atoms with van der Waals surface area (Å²) in [5, 5.41) is 9.10. The van der Waals surface area contributed by atoms with Gasteiger partial charge in [0.05, 0.1) is 7.11 Å². The highest BCUT2D eigenvalue weighted by molar-refractivity contribution is 6.34. The molecule has 8 heteroatoms. The van der Waals surface area contributed by atoms with E-state index in [4.69, 9.17) is 5.11 Å². The summed E-state index contributed by atoms with van der Waals surface area (Å²) in [5.41, 5.74) is -0.189. The summed E-state index contributed by atoms with van der Waals surface area (Å²) in [6.07, 6.45) is -5.60. The summed E-state index contributed by atoms with van der Waals surface area (Å²) in [4.78, 5) is 22.2. The van der Waals surface area contributed by atoms with Gasteiger partial charge in [0.25, 0.3) is 0 Å². The highest BCUT2D eigenvalue weighted by Gasteiger charge is 2.32. The first-order chi connectivity index (χ1) is 8.73. The summed E-state index contributed by atoms with van der Waals surface area (Å²) in [5.74, 6) is -3.41. The van der Waals surface area contributed by atoms with Gasteiger partial charge in [0, 0.05) is 18.1 Å². The van der Waals surface area contributed by atoms with E-state index in [1.54, 1.807) is 0 Å². The van der Waals surface area contributed by atoms with Crippen LogP contribution in [0.4, 0.5) is 13.2 Å². The van der Waals surface area contributed by atoms with Gasteiger partial charge in [-0.1, -0.05) is 6.07 Å². The number of phenolic OH excluding ortho intramolecular Hbond substituents is 1. The minimum absolute atomic E-state index is 0.189. The number of carbonyl (C=O) groups excluding carboxylic acids is 2. The third kappa shape index (κ3) is 4.49. The molecule has 1 rings (SSSR count). The number of hydrogen-bond acceptors (Lipinski definition) is 5. The number of hydrogen-bond donors (Lipinski definition) is 1. The van der Waals surface area contributed by atoms with Crippen LogP contribution >= 0.6 is 0 Å². The normalized spacial score (nSPS) is 10.9. The quantitative estimate of drug-likeness (QED) is 0.668. The number of alkyl halides is 3. The van der Waals surface area contributed by atoms with Crippen LogP contribution in [0.5, 0.6) is 11.5 Å². The van der Waals surface area contributed by atoms with Crippen molar-refractivity contribution in [3.05, 3.63) is 23.8 Å². The van der Waals surface area contributed by atoms with Crippen LogP contribution in [0.25, 0.3) is 0 Å². The topological polar surface area (TPSA) is 72.8 Å². The van der Waals surface area contributed by atoms with Gasteiger partial charge in [-0.15, -0.1) is 13.2 Å². The number of Topliss-reactive ketones (excluding diaryl/α,β-unsaturated/α-hetero) is 1. The molecule has 0 unspecified atom stereocenters. The number of aromatic hydroxyl groups is 1. The van der Waals surface area contributed by atoms with Gasteiger partial charge < -0.3 is 14.6 Å². The molecule has 0 aliphatic rings. The molecule has 1 aromatic rings. The van der Waals surface area contributed by atoms with Gasteiger partial charge in [-0.25, -0.2) is 4.79 Å². The zero-order valence-corrected chi connectivity index (χ0v) is 9.65. The highest BCUT2D eigenvalue weighted by atomic mass is 19.4. The second kappa shape index (κ2) is 5.59. The first kappa shape index (κ1) is 14.8. The Morgan fingerprint density at radius 2 is 1.95 bits per heavy atom. The second-order valence-corrected chi connectivity index (χ2v) is 3.43. The molecule has 0 bridgehead atoms. The number of carbonyl (C=O) groups is 2. The van der Waals surface area contributed by atoms with Gasteiger partial charge in [0.15, 0.2) is 0 Å². The van der Waals surface area contributed by atoms with E-state index in [1.807, 2.05) is 0 Å². The highest BCUT2D eigenvalue weighted by Crippen LogP contribution is 2.30. The molecular weight excluding hydrogens is 269 g/mol. The molecule has 0 saturated carbocycles. The molecule has 0 radical (unpaired) electrons. The van der Waals surface area contributed by atoms with E-state index in [1.165, 1.54) is 0 Å². The summed E-state index contributed by atoms with van der Waals surface area (Å²) in [6.45, 7) is 0. The average Bonchev–Trinajstić information content (AvgIpc) is 2.29. The van der Waals surface area contributed by atoms with Gasteiger partial charge in [-0.3, -0.25) is 4.79 Å². The molecular formula is C11H9F3O5. The molecule has 19 heavy (non-hydrogen) atoms. The van der Waals surface area contributed by atoms with E-state index in [0.717, 1.165) is 19.2 Å². The first-order valence-electron chi connectivity index (χ1n) is 4.91. The maximum absolute atomic E-state index is 12.1. The Bertz CT molecular complexity index is 496. The van der Waals surface area contributed by atoms with Crippen LogP contribution in [0.2, 0.25) is 0 Å². The largest absolute Gasteiger partial charge is 0.573 e. The molecule has 0 spiro atoms. The zero-order valence-electron chi connectivity index (χ0n) is 9.65. The van der Waals surface area contributed by atoms with Crippen LogP contribution in [0.15, 0.2) is 18.2 Å². The zero-order chi connectivity index (χ0) is 14.6. The Hall–Kier alpha value is -2.25. The van der Waals surface area contributed by atoms with Crippen LogP contribution in [-0.4, -0.2) is 30.3 Å². The van der Waals surface area contributed by atoms with Gasteiger partial charge in [0.2, 0.25) is 5.78 Å². The predicted molar refractivity (Wildman–Crippen MR) is 55.5 cm³/mol. The number of rotatable bonds is 4. The molecule has 5 nitrogen and oxygen atoms in total. The Morgan fingerprint density at radius 1 is 1.32 bits per heavy atom. The van der Waals surface area contributed by atoms with Crippen molar-refractivity contribution < 1.29 is 37.3 Å². The van der Waals surface area contributed by atoms with E-state index < -0.39 is 36.0 Å². The number of benzene rings is 1. The van der Waals surface area contributed by atoms with Crippen molar-refractivity contribution in [1.82, 2.24) is 0 Å². The van der Waals surface area contributed by atoms with Crippen molar-refractivity contribution in [1.29, 1.82) is 0 Å². The van der Waals surface area contributed by atoms with Crippen molar-refractivity contribution in [3.8, 4) is 11.5 Å². The Labute approximate surface area is 105 Å². The summed E-state index contributed by atoms with van der Waals surface area (Å²) < 4.78 is 44.2. The van der Waals surface area contributed by atoms with E-state index in [0.29, 0.717) is 6.07 Å². The average molecular weight is 278 g/mol. The lowest BCUT2D eigenvalue weighted by Crippen LogP contribution is -2.21. The maximum Gasteiger partial charge on any atom is 0.573 e. The van der Waals surface area contributed by atoms with Crippen LogP contribution in [0.1, 0.15) is 5.56 Å². The Balaban J connectivity index is 3.00. The van der Waals surface area contributed by atoms with Crippen LogP contribution in [-0.2, 0) is 20.7 Å². The molecule has 0 aliphatic heterocycles. The molecule has 0 heterocycles. The van der Waals surface area contributed by atoms with E-state index in [2.05, 4.69) is 9.47 Å². The van der Waals surface area contributed by atoms with Crippen molar-refractivity contribution in [3.63, 3.8) is 0 Å². The molecule has 0 atom stereocenters. The Morgan fingerprint density at radius 3 is 2.47 bits per heavy atom. The van der Waals surface area contributed by atoms with E-state index in [-0.39, 0.29) is 5.56 Å². The standard InChI is InChI=1S/C11H9F3O5/c1-18-10(17)8(16)4-6-2-3-7(15)5-9(6)19-11(12,13)14/h2-3,5,15H,4H2,1H3. The summed E-state index contributed by atoms with van der Waals surface area (Å²) in [6, 6.07) is 2.83. The van der Waals surface area contributed by atoms with Crippen LogP contribution < -0.4 is 4.74 Å². The van der Waals surface area contributed by atoms with Crippen LogP contribution in [0.3, 0.4) is 0 Å². The summed E-state index contributed by atoms with van der Waals surface area (Å²) >= 11 is 0. The minimum atomic E-state index is -4.98. The number of esters is 1. The van der Waals surface area contributed by atoms with Crippen LogP contribution in [0, 0.1) is 0 Å². The van der Waals surface area contributed by atoms with Gasteiger partial charge in [0.1, 0.15) is 11.5 Å². The third-order valence-corrected chi connectivity index (χ3v) is 2.04. The molecule has 0 fully saturated rings. The van der Waals surface area contributed by atoms with Gasteiger partial charge >= 0.3 is 12.3 Å². The van der Waals surface area contributed by atoms with Crippen molar-refractivity contribution >= 4 is 11.8 Å². The lowest BCUT2D eigenvalue weighted by molar-refractivity contribution is -0.274.